The van der Waals surface area contributed by atoms with Crippen LogP contribution in [0.15, 0.2) is 84.1 Å². The van der Waals surface area contributed by atoms with Crippen LogP contribution >= 0.6 is 0 Å². The maximum atomic E-state index is 13.7. The van der Waals surface area contributed by atoms with E-state index in [9.17, 15) is 4.79 Å². The second-order valence-corrected chi connectivity index (χ2v) is 8.11. The smallest absolute Gasteiger partial charge is 0.255 e. The summed E-state index contributed by atoms with van der Waals surface area (Å²) in [7, 11) is 1.65. The summed E-state index contributed by atoms with van der Waals surface area (Å²) in [5, 5.41) is 6.44. The van der Waals surface area contributed by atoms with Crippen molar-refractivity contribution >= 4 is 28.6 Å². The number of fused-ring (bicyclic) bond motifs is 3. The number of imidazole rings is 1. The van der Waals surface area contributed by atoms with Crippen molar-refractivity contribution in [1.82, 2.24) is 9.55 Å². The summed E-state index contributed by atoms with van der Waals surface area (Å²) < 4.78 is 7.78. The number of aryl methyl sites for hydroxylation is 1. The summed E-state index contributed by atoms with van der Waals surface area (Å²) in [6.45, 7) is 4.03. The standard InChI is InChI=1S/C27H26N4O2/c1-4-18-13-15-19(16-14-18)29-26(32)24-17(2)28-27-30-21-10-6-7-11-22(21)31(27)25(24)20-9-5-8-12-23(20)33-3/h5-16,25H,4H2,1-3H3,(H,28,30)(H,29,32)/t25-/m1/s1. The minimum absolute atomic E-state index is 0.163. The van der Waals surface area contributed by atoms with Crippen LogP contribution in [0, 0.1) is 0 Å². The first-order valence-electron chi connectivity index (χ1n) is 11.1. The summed E-state index contributed by atoms with van der Waals surface area (Å²) in [6.07, 6.45) is 0.953. The molecule has 3 aromatic carbocycles. The summed E-state index contributed by atoms with van der Waals surface area (Å²) >= 11 is 0. The van der Waals surface area contributed by atoms with Gasteiger partial charge in [0.1, 0.15) is 5.75 Å². The van der Waals surface area contributed by atoms with E-state index in [-0.39, 0.29) is 5.91 Å². The van der Waals surface area contributed by atoms with Crippen LogP contribution in [0.2, 0.25) is 0 Å². The molecule has 166 valence electrons. The molecular weight excluding hydrogens is 412 g/mol. The van der Waals surface area contributed by atoms with E-state index in [1.54, 1.807) is 7.11 Å². The number of aromatic nitrogens is 2. The Morgan fingerprint density at radius 2 is 1.79 bits per heavy atom. The summed E-state index contributed by atoms with van der Waals surface area (Å²) in [4.78, 5) is 18.5. The normalized spacial score (nSPS) is 15.2. The molecule has 2 N–H and O–H groups in total. The third kappa shape index (κ3) is 3.63. The van der Waals surface area contributed by atoms with E-state index in [4.69, 9.17) is 9.72 Å². The Bertz CT molecular complexity index is 1370. The molecule has 2 heterocycles. The number of rotatable bonds is 5. The van der Waals surface area contributed by atoms with E-state index in [0.717, 1.165) is 40.2 Å². The van der Waals surface area contributed by atoms with E-state index in [2.05, 4.69) is 22.1 Å². The Balaban J connectivity index is 1.65. The van der Waals surface area contributed by atoms with Gasteiger partial charge in [-0.1, -0.05) is 49.4 Å². The zero-order valence-electron chi connectivity index (χ0n) is 18.9. The Morgan fingerprint density at radius 3 is 2.55 bits per heavy atom. The van der Waals surface area contributed by atoms with Crippen LogP contribution in [0.5, 0.6) is 5.75 Å². The number of nitrogens with one attached hydrogen (secondary N) is 2. The molecule has 0 saturated heterocycles. The predicted octanol–water partition coefficient (Wildman–Crippen LogP) is 5.53. The van der Waals surface area contributed by atoms with Crippen molar-refractivity contribution in [3.05, 3.63) is 95.2 Å². The zero-order valence-corrected chi connectivity index (χ0v) is 18.9. The van der Waals surface area contributed by atoms with Crippen molar-refractivity contribution in [1.29, 1.82) is 0 Å². The van der Waals surface area contributed by atoms with Crippen LogP contribution in [0.1, 0.15) is 31.0 Å². The first-order valence-corrected chi connectivity index (χ1v) is 11.1. The van der Waals surface area contributed by atoms with Gasteiger partial charge in [0.25, 0.3) is 5.91 Å². The lowest BCUT2D eigenvalue weighted by Gasteiger charge is -2.31. The Labute approximate surface area is 192 Å². The molecular formula is C27H26N4O2. The van der Waals surface area contributed by atoms with E-state index in [1.807, 2.05) is 79.7 Å². The number of hydrogen-bond acceptors (Lipinski definition) is 4. The third-order valence-electron chi connectivity index (χ3n) is 6.13. The van der Waals surface area contributed by atoms with Crippen molar-refractivity contribution in [2.45, 2.75) is 26.3 Å². The number of nitrogens with zero attached hydrogens (tertiary/aromatic N) is 2. The molecule has 0 radical (unpaired) electrons. The number of methoxy groups -OCH3 is 1. The number of hydrogen-bond donors (Lipinski definition) is 2. The van der Waals surface area contributed by atoms with Crippen LogP contribution in [0.4, 0.5) is 11.6 Å². The fraction of sp³-hybridized carbons (Fsp3) is 0.185. The Kier molecular flexibility index (Phi) is 5.34. The molecule has 0 saturated carbocycles. The zero-order chi connectivity index (χ0) is 22.9. The van der Waals surface area contributed by atoms with Crippen molar-refractivity contribution in [2.75, 3.05) is 17.7 Å². The van der Waals surface area contributed by atoms with Gasteiger partial charge in [0.2, 0.25) is 5.95 Å². The molecule has 1 aliphatic heterocycles. The van der Waals surface area contributed by atoms with Crippen LogP contribution in [-0.2, 0) is 11.2 Å². The molecule has 1 aliphatic rings. The monoisotopic (exact) mass is 438 g/mol. The lowest BCUT2D eigenvalue weighted by atomic mass is 9.93. The largest absolute Gasteiger partial charge is 0.496 e. The molecule has 33 heavy (non-hydrogen) atoms. The van der Waals surface area contributed by atoms with Crippen molar-refractivity contribution in [3.63, 3.8) is 0 Å². The molecule has 1 atom stereocenters. The van der Waals surface area contributed by atoms with Crippen molar-refractivity contribution < 1.29 is 9.53 Å². The number of para-hydroxylation sites is 3. The minimum Gasteiger partial charge on any atom is -0.496 e. The highest BCUT2D eigenvalue weighted by atomic mass is 16.5. The third-order valence-corrected chi connectivity index (χ3v) is 6.13. The summed E-state index contributed by atoms with van der Waals surface area (Å²) in [5.41, 5.74) is 6.08. The number of ether oxygens (including phenoxy) is 1. The van der Waals surface area contributed by atoms with Gasteiger partial charge in [0.15, 0.2) is 0 Å². The van der Waals surface area contributed by atoms with E-state index >= 15 is 0 Å². The number of benzene rings is 3. The minimum atomic E-state index is -0.403. The first-order chi connectivity index (χ1) is 16.1. The molecule has 6 heteroatoms. The van der Waals surface area contributed by atoms with Crippen molar-refractivity contribution in [2.24, 2.45) is 0 Å². The molecule has 0 spiro atoms. The van der Waals surface area contributed by atoms with Crippen LogP contribution in [0.3, 0.4) is 0 Å². The molecule has 4 aromatic rings. The number of carbonyl (C=O) groups is 1. The van der Waals surface area contributed by atoms with E-state index in [0.29, 0.717) is 11.5 Å². The molecule has 0 unspecified atom stereocenters. The van der Waals surface area contributed by atoms with Crippen LogP contribution in [-0.4, -0.2) is 22.6 Å². The molecule has 1 amide bonds. The maximum absolute atomic E-state index is 13.7. The highest BCUT2D eigenvalue weighted by molar-refractivity contribution is 6.06. The second-order valence-electron chi connectivity index (χ2n) is 8.11. The van der Waals surface area contributed by atoms with Crippen LogP contribution < -0.4 is 15.4 Å². The van der Waals surface area contributed by atoms with E-state index < -0.39 is 6.04 Å². The van der Waals surface area contributed by atoms with Crippen LogP contribution in [0.25, 0.3) is 11.0 Å². The van der Waals surface area contributed by atoms with Gasteiger partial charge >= 0.3 is 0 Å². The van der Waals surface area contributed by atoms with Gasteiger partial charge in [-0.2, -0.15) is 0 Å². The fourth-order valence-corrected chi connectivity index (χ4v) is 4.47. The Morgan fingerprint density at radius 1 is 1.06 bits per heavy atom. The summed E-state index contributed by atoms with van der Waals surface area (Å²) in [5.74, 6) is 1.26. The van der Waals surface area contributed by atoms with Gasteiger partial charge < -0.3 is 15.4 Å². The van der Waals surface area contributed by atoms with Gasteiger partial charge in [-0.15, -0.1) is 0 Å². The maximum Gasteiger partial charge on any atom is 0.255 e. The topological polar surface area (TPSA) is 68.2 Å². The molecule has 5 rings (SSSR count). The quantitative estimate of drug-likeness (QED) is 0.430. The molecule has 1 aromatic heterocycles. The lowest BCUT2D eigenvalue weighted by Crippen LogP contribution is -2.31. The average molecular weight is 439 g/mol. The number of carbonyl (C=O) groups excluding carboxylic acids is 1. The van der Waals surface area contributed by atoms with Gasteiger partial charge in [-0.25, -0.2) is 4.98 Å². The molecule has 0 aliphatic carbocycles. The number of amides is 1. The first kappa shape index (κ1) is 20.8. The highest BCUT2D eigenvalue weighted by Gasteiger charge is 2.35. The van der Waals surface area contributed by atoms with E-state index in [1.165, 1.54) is 5.56 Å². The SMILES string of the molecule is CCc1ccc(NC(=O)C2=C(C)Nc3nc4ccccc4n3[C@@H]2c2ccccc2OC)cc1. The van der Waals surface area contributed by atoms with Gasteiger partial charge in [0.05, 0.1) is 29.8 Å². The fourth-order valence-electron chi connectivity index (χ4n) is 4.47. The average Bonchev–Trinajstić information content (AvgIpc) is 3.21. The highest BCUT2D eigenvalue weighted by Crippen LogP contribution is 2.42. The van der Waals surface area contributed by atoms with Gasteiger partial charge in [0, 0.05) is 16.9 Å². The lowest BCUT2D eigenvalue weighted by molar-refractivity contribution is -0.113. The van der Waals surface area contributed by atoms with Gasteiger partial charge in [-0.05, 0) is 49.2 Å². The number of allylic oxidation sites excluding steroid dienone is 1. The van der Waals surface area contributed by atoms with Crippen molar-refractivity contribution in [3.8, 4) is 5.75 Å². The number of anilines is 2. The predicted molar refractivity (Wildman–Crippen MR) is 132 cm³/mol. The second kappa shape index (κ2) is 8.47. The summed E-state index contributed by atoms with van der Waals surface area (Å²) in [6, 6.07) is 23.3. The molecule has 6 nitrogen and oxygen atoms in total. The molecule has 0 fully saturated rings. The van der Waals surface area contributed by atoms with Gasteiger partial charge in [-0.3, -0.25) is 9.36 Å². The Hall–Kier alpha value is -4.06. The molecule has 0 bridgehead atoms.